The first-order valence-corrected chi connectivity index (χ1v) is 4.17. The first kappa shape index (κ1) is 11.5. The van der Waals surface area contributed by atoms with E-state index in [4.69, 9.17) is 0 Å². The Morgan fingerprint density at radius 3 is 2.80 bits per heavy atom. The van der Waals surface area contributed by atoms with E-state index in [0.29, 0.717) is 0 Å². The quantitative estimate of drug-likeness (QED) is 0.732. The zero-order chi connectivity index (χ0) is 11.4. The minimum atomic E-state index is -3.10. The number of halogens is 3. The normalized spacial score (nSPS) is 10.5. The Bertz CT molecular complexity index is 368. The fraction of sp³-hybridized carbons (Fsp3) is 0.333. The molecule has 0 aliphatic rings. The van der Waals surface area contributed by atoms with Crippen LogP contribution in [0.25, 0.3) is 0 Å². The molecule has 1 aromatic rings. The Morgan fingerprint density at radius 1 is 1.60 bits per heavy atom. The lowest BCUT2D eigenvalue weighted by Crippen LogP contribution is -2.12. The molecule has 0 saturated heterocycles. The topological polar surface area (TPSA) is 39.2 Å². The van der Waals surface area contributed by atoms with Crippen molar-refractivity contribution in [1.82, 2.24) is 4.98 Å². The van der Waals surface area contributed by atoms with Crippen molar-refractivity contribution >= 4 is 5.97 Å². The van der Waals surface area contributed by atoms with E-state index in [2.05, 4.69) is 9.72 Å². The highest BCUT2D eigenvalue weighted by Gasteiger charge is 2.24. The average molecular weight is 219 g/mol. The second-order valence-corrected chi connectivity index (χ2v) is 2.58. The van der Waals surface area contributed by atoms with E-state index in [9.17, 15) is 18.0 Å². The molecule has 0 unspecified atom stereocenters. The Hall–Kier alpha value is -1.59. The Morgan fingerprint density at radius 2 is 2.27 bits per heavy atom. The van der Waals surface area contributed by atoms with Crippen molar-refractivity contribution in [2.24, 2.45) is 0 Å². The number of hydrogen-bond donors (Lipinski definition) is 0. The number of hydrogen-bond acceptors (Lipinski definition) is 3. The van der Waals surface area contributed by atoms with Crippen LogP contribution in [0.4, 0.5) is 13.2 Å². The maximum absolute atomic E-state index is 13.0. The van der Waals surface area contributed by atoms with Gasteiger partial charge < -0.3 is 4.74 Å². The zero-order valence-electron chi connectivity index (χ0n) is 7.84. The highest BCUT2D eigenvalue weighted by molar-refractivity contribution is 5.89. The van der Waals surface area contributed by atoms with E-state index in [1.54, 1.807) is 0 Å². The van der Waals surface area contributed by atoms with Gasteiger partial charge in [0.25, 0.3) is 6.43 Å². The minimum absolute atomic E-state index is 0.0136. The molecule has 0 aliphatic carbocycles. The second-order valence-electron chi connectivity index (χ2n) is 2.58. The number of ether oxygens (including phenoxy) is 1. The van der Waals surface area contributed by atoms with Crippen molar-refractivity contribution in [3.63, 3.8) is 0 Å². The molecule has 0 fully saturated rings. The van der Waals surface area contributed by atoms with Crippen LogP contribution >= 0.6 is 0 Å². The van der Waals surface area contributed by atoms with E-state index in [0.717, 1.165) is 12.3 Å². The number of esters is 1. The lowest BCUT2D eigenvalue weighted by Gasteiger charge is -2.07. The molecule has 0 amide bonds. The van der Waals surface area contributed by atoms with Crippen LogP contribution in [0.1, 0.15) is 29.4 Å². The van der Waals surface area contributed by atoms with Crippen molar-refractivity contribution < 1.29 is 22.7 Å². The maximum Gasteiger partial charge on any atom is 0.357 e. The lowest BCUT2D eigenvalue weighted by atomic mass is 10.2. The molecular formula is C9H8F3NO2. The first-order chi connectivity index (χ1) is 7.07. The molecule has 0 atom stereocenters. The molecule has 6 heteroatoms. The van der Waals surface area contributed by atoms with E-state index in [1.807, 2.05) is 0 Å². The molecule has 0 radical (unpaired) electrons. The number of pyridine rings is 1. The largest absolute Gasteiger partial charge is 0.461 e. The third-order valence-electron chi connectivity index (χ3n) is 1.62. The van der Waals surface area contributed by atoms with Crippen LogP contribution in [0.3, 0.4) is 0 Å². The Labute approximate surface area is 83.9 Å². The summed E-state index contributed by atoms with van der Waals surface area (Å²) in [5.41, 5.74) is -1.69. The number of rotatable bonds is 3. The predicted octanol–water partition coefficient (Wildman–Crippen LogP) is 2.33. The molecule has 1 aromatic heterocycles. The average Bonchev–Trinajstić information content (AvgIpc) is 2.17. The van der Waals surface area contributed by atoms with Gasteiger partial charge in [0.2, 0.25) is 0 Å². The van der Waals surface area contributed by atoms with Crippen molar-refractivity contribution in [3.05, 3.63) is 29.3 Å². The van der Waals surface area contributed by atoms with Crippen LogP contribution < -0.4 is 0 Å². The Balaban J connectivity index is 3.17. The summed E-state index contributed by atoms with van der Waals surface area (Å²) >= 11 is 0. The highest BCUT2D eigenvalue weighted by Crippen LogP contribution is 2.24. The van der Waals surface area contributed by atoms with Crippen LogP contribution in [0.5, 0.6) is 0 Å². The van der Waals surface area contributed by atoms with Gasteiger partial charge in [0, 0.05) is 6.20 Å². The molecule has 0 aromatic carbocycles. The molecule has 0 saturated carbocycles. The summed E-state index contributed by atoms with van der Waals surface area (Å²) in [4.78, 5) is 14.5. The molecule has 0 bridgehead atoms. The standard InChI is InChI=1S/C9H8F3NO2/c1-2-15-9(14)7-6(8(11)12)5(10)3-4-13-7/h3-4,8H,2H2,1H3. The molecule has 0 aliphatic heterocycles. The molecule has 3 nitrogen and oxygen atoms in total. The summed E-state index contributed by atoms with van der Waals surface area (Å²) in [5.74, 6) is -2.21. The van der Waals surface area contributed by atoms with Crippen LogP contribution in [-0.4, -0.2) is 17.6 Å². The van der Waals surface area contributed by atoms with E-state index in [-0.39, 0.29) is 6.61 Å². The van der Waals surface area contributed by atoms with Gasteiger partial charge in [-0.3, -0.25) is 0 Å². The summed E-state index contributed by atoms with van der Waals surface area (Å²) in [7, 11) is 0. The molecule has 82 valence electrons. The molecule has 15 heavy (non-hydrogen) atoms. The fourth-order valence-electron chi connectivity index (χ4n) is 1.02. The first-order valence-electron chi connectivity index (χ1n) is 4.17. The molecule has 1 rings (SSSR count). The van der Waals surface area contributed by atoms with Gasteiger partial charge in [-0.05, 0) is 13.0 Å². The van der Waals surface area contributed by atoms with Gasteiger partial charge in [0.15, 0.2) is 5.69 Å². The van der Waals surface area contributed by atoms with Gasteiger partial charge in [-0.1, -0.05) is 0 Å². The van der Waals surface area contributed by atoms with Gasteiger partial charge in [-0.25, -0.2) is 22.9 Å². The molecular weight excluding hydrogens is 211 g/mol. The van der Waals surface area contributed by atoms with Crippen LogP contribution in [-0.2, 0) is 4.74 Å². The second kappa shape index (κ2) is 4.77. The fourth-order valence-corrected chi connectivity index (χ4v) is 1.02. The maximum atomic E-state index is 13.0. The van der Waals surface area contributed by atoms with Crippen molar-refractivity contribution in [2.75, 3.05) is 6.61 Å². The molecule has 1 heterocycles. The number of aromatic nitrogens is 1. The third kappa shape index (κ3) is 2.45. The van der Waals surface area contributed by atoms with E-state index in [1.165, 1.54) is 6.92 Å². The van der Waals surface area contributed by atoms with Gasteiger partial charge in [-0.2, -0.15) is 0 Å². The number of carbonyl (C=O) groups is 1. The smallest absolute Gasteiger partial charge is 0.357 e. The monoisotopic (exact) mass is 219 g/mol. The minimum Gasteiger partial charge on any atom is -0.461 e. The lowest BCUT2D eigenvalue weighted by molar-refractivity contribution is 0.0505. The van der Waals surface area contributed by atoms with Gasteiger partial charge in [0.1, 0.15) is 5.82 Å². The van der Waals surface area contributed by atoms with Crippen LogP contribution in [0, 0.1) is 5.82 Å². The number of alkyl halides is 2. The molecule has 0 spiro atoms. The van der Waals surface area contributed by atoms with Crippen LogP contribution in [0.2, 0.25) is 0 Å². The third-order valence-corrected chi connectivity index (χ3v) is 1.62. The van der Waals surface area contributed by atoms with Gasteiger partial charge >= 0.3 is 5.97 Å². The summed E-state index contributed by atoms with van der Waals surface area (Å²) < 4.78 is 42.2. The van der Waals surface area contributed by atoms with Crippen molar-refractivity contribution in [1.29, 1.82) is 0 Å². The van der Waals surface area contributed by atoms with E-state index >= 15 is 0 Å². The highest BCUT2D eigenvalue weighted by atomic mass is 19.3. The molecule has 0 N–H and O–H groups in total. The SMILES string of the molecule is CCOC(=O)c1nccc(F)c1C(F)F. The predicted molar refractivity (Wildman–Crippen MR) is 45.1 cm³/mol. The Kier molecular flexibility index (Phi) is 3.65. The van der Waals surface area contributed by atoms with Gasteiger partial charge in [0.05, 0.1) is 12.2 Å². The summed E-state index contributed by atoms with van der Waals surface area (Å²) in [5, 5.41) is 0. The number of nitrogens with zero attached hydrogens (tertiary/aromatic N) is 1. The zero-order valence-corrected chi connectivity index (χ0v) is 7.84. The van der Waals surface area contributed by atoms with E-state index < -0.39 is 29.5 Å². The van der Waals surface area contributed by atoms with Crippen LogP contribution in [0.15, 0.2) is 12.3 Å². The van der Waals surface area contributed by atoms with Crippen molar-refractivity contribution in [3.8, 4) is 0 Å². The summed E-state index contributed by atoms with van der Waals surface area (Å²) in [6.45, 7) is 1.53. The van der Waals surface area contributed by atoms with Crippen molar-refractivity contribution in [2.45, 2.75) is 13.3 Å². The summed E-state index contributed by atoms with van der Waals surface area (Å²) in [6.07, 6.45) is -2.16. The summed E-state index contributed by atoms with van der Waals surface area (Å²) in [6, 6.07) is 0.768. The van der Waals surface area contributed by atoms with Gasteiger partial charge in [-0.15, -0.1) is 0 Å². The number of carbonyl (C=O) groups excluding carboxylic acids is 1.